The van der Waals surface area contributed by atoms with Crippen molar-refractivity contribution in [3.8, 4) is 28.5 Å². The highest BCUT2D eigenvalue weighted by atomic mass is 19.3. The summed E-state index contributed by atoms with van der Waals surface area (Å²) in [7, 11) is 1.50. The molecule has 1 saturated heterocycles. The molecule has 0 bridgehead atoms. The van der Waals surface area contributed by atoms with Gasteiger partial charge < -0.3 is 28.3 Å². The van der Waals surface area contributed by atoms with Gasteiger partial charge in [-0.05, 0) is 31.0 Å². The van der Waals surface area contributed by atoms with Crippen LogP contribution in [0.4, 0.5) is 8.78 Å². The number of pyridine rings is 1. The predicted molar refractivity (Wildman–Crippen MR) is 116 cm³/mol. The Bertz CT molecular complexity index is 1100. The fraction of sp³-hybridized carbons (Fsp3) is 0.542. The summed E-state index contributed by atoms with van der Waals surface area (Å²) < 4.78 is 56.3. The second kappa shape index (κ2) is 8.61. The fourth-order valence-corrected chi connectivity index (χ4v) is 4.46. The minimum atomic E-state index is -2.64. The average molecular weight is 463 g/mol. The van der Waals surface area contributed by atoms with E-state index in [0.29, 0.717) is 49.2 Å². The number of aromatic nitrogens is 1. The topological polar surface area (TPSA) is 68.2 Å². The lowest BCUT2D eigenvalue weighted by atomic mass is 9.92. The van der Waals surface area contributed by atoms with Gasteiger partial charge in [-0.15, -0.1) is 0 Å². The molecule has 1 aromatic heterocycles. The zero-order valence-corrected chi connectivity index (χ0v) is 18.6. The lowest BCUT2D eigenvalue weighted by Crippen LogP contribution is -2.34. The van der Waals surface area contributed by atoms with Gasteiger partial charge in [0.2, 0.25) is 0 Å². The van der Waals surface area contributed by atoms with Crippen LogP contribution >= 0.6 is 0 Å². The third-order valence-electron chi connectivity index (χ3n) is 6.38. The number of hydrogen-bond donors (Lipinski definition) is 0. The van der Waals surface area contributed by atoms with Crippen LogP contribution in [-0.2, 0) is 15.9 Å². The van der Waals surface area contributed by atoms with E-state index in [2.05, 4.69) is 0 Å². The molecule has 5 rings (SSSR count). The van der Waals surface area contributed by atoms with Gasteiger partial charge in [-0.25, -0.2) is 8.78 Å². The molecule has 2 fully saturated rings. The number of rotatable bonds is 7. The van der Waals surface area contributed by atoms with E-state index in [1.807, 2.05) is 19.1 Å². The van der Waals surface area contributed by atoms with Gasteiger partial charge in [0.25, 0.3) is 11.5 Å². The Morgan fingerprint density at radius 3 is 2.64 bits per heavy atom. The van der Waals surface area contributed by atoms with Crippen molar-refractivity contribution in [2.75, 3.05) is 40.1 Å². The second-order valence-electron chi connectivity index (χ2n) is 8.85. The number of ether oxygens (including phenoxy) is 5. The van der Waals surface area contributed by atoms with Crippen LogP contribution < -0.4 is 19.8 Å². The largest absolute Gasteiger partial charge is 0.493 e. The number of nitrogens with zero attached hydrogens (tertiary/aromatic N) is 1. The molecule has 33 heavy (non-hydrogen) atoms. The number of methoxy groups -OCH3 is 1. The van der Waals surface area contributed by atoms with E-state index < -0.39 is 11.8 Å². The van der Waals surface area contributed by atoms with Crippen molar-refractivity contribution in [2.45, 2.75) is 37.8 Å². The summed E-state index contributed by atoms with van der Waals surface area (Å²) >= 11 is 0. The first-order valence-electron chi connectivity index (χ1n) is 11.2. The van der Waals surface area contributed by atoms with E-state index >= 15 is 0 Å². The lowest BCUT2D eigenvalue weighted by molar-refractivity contribution is -0.101. The minimum absolute atomic E-state index is 0.0569. The second-order valence-corrected chi connectivity index (χ2v) is 8.85. The number of benzene rings is 1. The van der Waals surface area contributed by atoms with Crippen LogP contribution in [0.2, 0.25) is 0 Å². The van der Waals surface area contributed by atoms with Crippen LogP contribution in [0.1, 0.15) is 24.9 Å². The van der Waals surface area contributed by atoms with E-state index in [1.165, 1.54) is 13.2 Å². The van der Waals surface area contributed by atoms with E-state index in [1.54, 1.807) is 10.6 Å². The molecule has 2 aliphatic heterocycles. The third-order valence-corrected chi connectivity index (χ3v) is 6.38. The van der Waals surface area contributed by atoms with Crippen LogP contribution in [0.5, 0.6) is 17.2 Å². The summed E-state index contributed by atoms with van der Waals surface area (Å²) in [6.45, 7) is 3.75. The molecule has 2 unspecified atom stereocenters. The molecule has 0 N–H and O–H groups in total. The van der Waals surface area contributed by atoms with Crippen LogP contribution in [0.15, 0.2) is 29.1 Å². The van der Waals surface area contributed by atoms with Crippen molar-refractivity contribution in [3.63, 3.8) is 0 Å². The normalized spacial score (nSPS) is 25.0. The molecular formula is C24H27F2NO6. The van der Waals surface area contributed by atoms with Crippen molar-refractivity contribution in [1.82, 2.24) is 4.57 Å². The Hall–Kier alpha value is -2.65. The Morgan fingerprint density at radius 1 is 1.12 bits per heavy atom. The highest BCUT2D eigenvalue weighted by Crippen LogP contribution is 2.49. The zero-order valence-electron chi connectivity index (χ0n) is 18.6. The van der Waals surface area contributed by atoms with Gasteiger partial charge in [0.15, 0.2) is 11.5 Å². The third kappa shape index (κ3) is 4.44. The fourth-order valence-electron chi connectivity index (χ4n) is 4.46. The first kappa shape index (κ1) is 22.2. The van der Waals surface area contributed by atoms with Crippen LogP contribution in [0.3, 0.4) is 0 Å². The minimum Gasteiger partial charge on any atom is -0.493 e. The molecule has 2 aromatic rings. The summed E-state index contributed by atoms with van der Waals surface area (Å²) in [5, 5.41) is 0. The monoisotopic (exact) mass is 463 g/mol. The summed E-state index contributed by atoms with van der Waals surface area (Å²) in [5.74, 6) is -2.07. The summed E-state index contributed by atoms with van der Waals surface area (Å²) in [6, 6.07) is 6.87. The molecule has 7 nitrogen and oxygen atoms in total. The molecule has 3 aliphatic rings. The predicted octanol–water partition coefficient (Wildman–Crippen LogP) is 3.47. The van der Waals surface area contributed by atoms with Gasteiger partial charge in [-0.1, -0.05) is 0 Å². The molecule has 1 aromatic carbocycles. The van der Waals surface area contributed by atoms with Gasteiger partial charge in [0.1, 0.15) is 18.5 Å². The van der Waals surface area contributed by atoms with Crippen molar-refractivity contribution >= 4 is 0 Å². The Labute approximate surface area is 190 Å². The number of fused-ring (bicyclic) bond motifs is 3. The van der Waals surface area contributed by atoms with E-state index in [9.17, 15) is 13.6 Å². The van der Waals surface area contributed by atoms with Crippen molar-refractivity contribution in [3.05, 3.63) is 40.2 Å². The summed E-state index contributed by atoms with van der Waals surface area (Å²) in [5.41, 5.74) is 2.35. The molecule has 9 heteroatoms. The van der Waals surface area contributed by atoms with E-state index in [4.69, 9.17) is 23.7 Å². The van der Waals surface area contributed by atoms with Crippen LogP contribution in [0, 0.1) is 5.92 Å². The molecule has 1 aliphatic carbocycles. The molecule has 3 heterocycles. The van der Waals surface area contributed by atoms with E-state index in [0.717, 1.165) is 11.1 Å². The SMILES string of the molecule is COc1cc2c(cc1OCC1CC1(F)F)CC(C)n1c-2cc(OC[C@@H]2COCCO2)cc1=O. The Morgan fingerprint density at radius 2 is 1.94 bits per heavy atom. The van der Waals surface area contributed by atoms with Crippen molar-refractivity contribution in [1.29, 1.82) is 0 Å². The van der Waals surface area contributed by atoms with E-state index in [-0.39, 0.29) is 37.3 Å². The maximum atomic E-state index is 13.3. The molecule has 3 atom stereocenters. The smallest absolute Gasteiger partial charge is 0.255 e. The number of alkyl halides is 2. The standard InChI is InChI=1S/C24H27F2NO6/c1-14-5-15-6-22(33-11-16-10-24(16,25)26)21(29-2)9-19(15)20-7-17(8-23(28)27(14)20)32-13-18-12-30-3-4-31-18/h6-9,14,16,18H,3-5,10-13H2,1-2H3/t14?,16?,18-/m0/s1. The zero-order chi connectivity index (χ0) is 23.2. The van der Waals surface area contributed by atoms with Crippen molar-refractivity contribution in [2.24, 2.45) is 5.92 Å². The maximum Gasteiger partial charge on any atom is 0.255 e. The Kier molecular flexibility index (Phi) is 5.78. The number of halogens is 2. The lowest BCUT2D eigenvalue weighted by Gasteiger charge is -2.29. The van der Waals surface area contributed by atoms with Gasteiger partial charge in [0, 0.05) is 30.2 Å². The summed E-state index contributed by atoms with van der Waals surface area (Å²) in [6.07, 6.45) is 0.284. The van der Waals surface area contributed by atoms with Gasteiger partial charge in [-0.2, -0.15) is 0 Å². The molecule has 0 radical (unpaired) electrons. The molecule has 178 valence electrons. The molecule has 0 amide bonds. The van der Waals surface area contributed by atoms with Gasteiger partial charge in [0.05, 0.1) is 45.1 Å². The number of hydrogen-bond acceptors (Lipinski definition) is 6. The first-order valence-corrected chi connectivity index (χ1v) is 11.2. The van der Waals surface area contributed by atoms with Gasteiger partial charge >= 0.3 is 0 Å². The van der Waals surface area contributed by atoms with Crippen molar-refractivity contribution < 1.29 is 32.5 Å². The molecule has 1 saturated carbocycles. The van der Waals surface area contributed by atoms with Crippen LogP contribution in [-0.4, -0.2) is 56.7 Å². The first-order chi connectivity index (χ1) is 15.9. The molecular weight excluding hydrogens is 436 g/mol. The Balaban J connectivity index is 1.43. The van der Waals surface area contributed by atoms with Crippen LogP contribution in [0.25, 0.3) is 11.3 Å². The maximum absolute atomic E-state index is 13.3. The highest BCUT2D eigenvalue weighted by Gasteiger charge is 2.57. The highest BCUT2D eigenvalue weighted by molar-refractivity contribution is 5.71. The van der Waals surface area contributed by atoms with Gasteiger partial charge in [-0.3, -0.25) is 4.79 Å². The quantitative estimate of drug-likeness (QED) is 0.627. The molecule has 0 spiro atoms. The summed E-state index contributed by atoms with van der Waals surface area (Å²) in [4.78, 5) is 12.9. The average Bonchev–Trinajstić information content (AvgIpc) is 3.42.